The molecule has 1 aliphatic rings. The minimum Gasteiger partial charge on any atom is -0.460 e. The van der Waals surface area contributed by atoms with Crippen molar-refractivity contribution in [2.75, 3.05) is 19.5 Å². The minimum atomic E-state index is -5.59. The fourth-order valence-corrected chi connectivity index (χ4v) is 6.90. The van der Waals surface area contributed by atoms with E-state index in [1.54, 1.807) is 30.3 Å². The van der Waals surface area contributed by atoms with E-state index >= 15 is 13.2 Å². The number of ether oxygens (including phenoxy) is 5. The van der Waals surface area contributed by atoms with Crippen molar-refractivity contribution in [2.24, 2.45) is 5.92 Å². The van der Waals surface area contributed by atoms with Gasteiger partial charge in [0.15, 0.2) is 11.8 Å². The molecule has 4 aromatic rings. The predicted octanol–water partition coefficient (Wildman–Crippen LogP) is 5.93. The molecule has 62 heavy (non-hydrogen) atoms. The molecule has 13 nitrogen and oxygen atoms in total. The van der Waals surface area contributed by atoms with Crippen LogP contribution in [0, 0.1) is 5.92 Å². The molecule has 0 aromatic heterocycles. The molecule has 0 spiro atoms. The lowest BCUT2D eigenvalue weighted by atomic mass is 9.91. The van der Waals surface area contributed by atoms with Gasteiger partial charge in [-0.2, -0.15) is 26.3 Å². The molecule has 0 bridgehead atoms. The quantitative estimate of drug-likeness (QED) is 0.0874. The SMILES string of the molecule is CO[C@@](C(=O)Nc1cccc(C(=O)N[C@@H]2C(=O)O[C@@H](C)[C@H](O)[C@@H](Cc3ccccc3)C(=O)O[C@@H]2C)c1OC(=O)[C@](OC)(c1ccccc1)C(F)(F)F)(c1ccccc1)C(F)(F)F. The van der Waals surface area contributed by atoms with Gasteiger partial charge in [0.05, 0.1) is 17.2 Å². The van der Waals surface area contributed by atoms with Crippen LogP contribution in [0.5, 0.6) is 5.75 Å². The molecule has 1 heterocycles. The van der Waals surface area contributed by atoms with E-state index in [0.717, 1.165) is 54.6 Å². The van der Waals surface area contributed by atoms with Crippen molar-refractivity contribution in [3.05, 3.63) is 131 Å². The monoisotopic (exact) mass is 874 g/mol. The maximum absolute atomic E-state index is 15.0. The zero-order valence-electron chi connectivity index (χ0n) is 33.3. The van der Waals surface area contributed by atoms with E-state index in [0.29, 0.717) is 19.8 Å². The third-order valence-corrected chi connectivity index (χ3v) is 10.2. The highest BCUT2D eigenvalue weighted by molar-refractivity contribution is 6.05. The van der Waals surface area contributed by atoms with Gasteiger partial charge in [0.1, 0.15) is 18.3 Å². The number of aliphatic hydroxyl groups excluding tert-OH is 1. The summed E-state index contributed by atoms with van der Waals surface area (Å²) >= 11 is 0. The summed E-state index contributed by atoms with van der Waals surface area (Å²) in [6.07, 6.45) is -15.7. The zero-order chi connectivity index (χ0) is 45.6. The lowest BCUT2D eigenvalue weighted by Crippen LogP contribution is -2.54. The summed E-state index contributed by atoms with van der Waals surface area (Å²) in [7, 11) is 1.11. The fraction of sp³-hybridized carbons (Fsp3) is 0.326. The van der Waals surface area contributed by atoms with Gasteiger partial charge in [-0.1, -0.05) is 97.1 Å². The Morgan fingerprint density at radius 2 is 1.18 bits per heavy atom. The van der Waals surface area contributed by atoms with E-state index in [2.05, 4.69) is 5.32 Å². The third kappa shape index (κ3) is 9.14. The van der Waals surface area contributed by atoms with Crippen LogP contribution in [0.2, 0.25) is 0 Å². The van der Waals surface area contributed by atoms with E-state index in [9.17, 15) is 42.3 Å². The second kappa shape index (κ2) is 18.8. The Kier molecular flexibility index (Phi) is 14.1. The number of para-hydroxylation sites is 1. The molecule has 0 aliphatic carbocycles. The Labute approximate surface area is 350 Å². The van der Waals surface area contributed by atoms with E-state index in [4.69, 9.17) is 23.7 Å². The maximum atomic E-state index is 15.0. The van der Waals surface area contributed by atoms with Crippen LogP contribution in [0.15, 0.2) is 109 Å². The predicted molar refractivity (Wildman–Crippen MR) is 205 cm³/mol. The van der Waals surface area contributed by atoms with Crippen LogP contribution in [-0.2, 0) is 55.7 Å². The molecule has 7 atom stereocenters. The second-order valence-electron chi connectivity index (χ2n) is 14.0. The van der Waals surface area contributed by atoms with Crippen molar-refractivity contribution < 1.29 is 79.1 Å². The lowest BCUT2D eigenvalue weighted by molar-refractivity contribution is -0.272. The number of hydrogen-bond donors (Lipinski definition) is 3. The molecule has 4 aromatic carbocycles. The molecule has 0 unspecified atom stereocenters. The highest BCUT2D eigenvalue weighted by Crippen LogP contribution is 2.46. The molecule has 1 aliphatic heterocycles. The Bertz CT molecular complexity index is 2250. The first-order valence-corrected chi connectivity index (χ1v) is 18.7. The van der Waals surface area contributed by atoms with Gasteiger partial charge in [-0.05, 0) is 38.0 Å². The fourth-order valence-electron chi connectivity index (χ4n) is 6.90. The average molecular weight is 875 g/mol. The standard InChI is InChI=1S/C43H40F6N2O11/c1-24-32(37(55)61-25(2)33(52)30(36(54)60-24)23-26-15-8-5-9-16-26)51-35(53)29-21-14-22-31(50-38(56)40(58-3,42(44,45)46)27-17-10-6-11-18-27)34(29)62-39(57)41(59-4,43(47,48)49)28-19-12-7-13-20-28/h5-22,24-25,30,32-33,52H,23H2,1-4H3,(H,50,56)(H,51,53)/t24-,25+,30-,32+,33+,40-,41-/m1/s1. The van der Waals surface area contributed by atoms with E-state index in [1.165, 1.54) is 38.1 Å². The molecule has 5 rings (SSSR count). The molecule has 0 radical (unpaired) electrons. The number of aliphatic hydroxyl groups is 1. The summed E-state index contributed by atoms with van der Waals surface area (Å²) in [5.41, 5.74) is -10.5. The molecule has 1 saturated heterocycles. The summed E-state index contributed by atoms with van der Waals surface area (Å²) in [5, 5.41) is 15.2. The summed E-state index contributed by atoms with van der Waals surface area (Å²) in [6.45, 7) is 2.46. The normalized spacial score (nSPS) is 21.6. The first-order chi connectivity index (χ1) is 29.2. The number of benzene rings is 4. The Balaban J connectivity index is 1.60. The lowest BCUT2D eigenvalue weighted by Gasteiger charge is -2.34. The smallest absolute Gasteiger partial charge is 0.432 e. The number of alkyl halides is 6. The number of hydrogen-bond acceptors (Lipinski definition) is 11. The van der Waals surface area contributed by atoms with Gasteiger partial charge in [0.2, 0.25) is 0 Å². The van der Waals surface area contributed by atoms with Crippen LogP contribution < -0.4 is 15.4 Å². The van der Waals surface area contributed by atoms with Gasteiger partial charge in [-0.25, -0.2) is 9.59 Å². The highest BCUT2D eigenvalue weighted by atomic mass is 19.4. The number of cyclic esters (lactones) is 2. The van der Waals surface area contributed by atoms with E-state index < -0.39 is 112 Å². The van der Waals surface area contributed by atoms with Gasteiger partial charge >= 0.3 is 30.3 Å². The maximum Gasteiger partial charge on any atom is 0.432 e. The van der Waals surface area contributed by atoms with Crippen LogP contribution in [0.1, 0.15) is 40.9 Å². The van der Waals surface area contributed by atoms with Crippen molar-refractivity contribution in [1.82, 2.24) is 5.32 Å². The number of carbonyl (C=O) groups excluding carboxylic acids is 5. The van der Waals surface area contributed by atoms with Crippen LogP contribution in [-0.4, -0.2) is 85.8 Å². The Morgan fingerprint density at radius 1 is 0.677 bits per heavy atom. The number of nitrogens with one attached hydrogen (secondary N) is 2. The molecular formula is C43H40F6N2O11. The van der Waals surface area contributed by atoms with Crippen molar-refractivity contribution >= 4 is 35.4 Å². The second-order valence-corrected chi connectivity index (χ2v) is 14.0. The summed E-state index contributed by atoms with van der Waals surface area (Å²) < 4.78 is 116. The topological polar surface area (TPSA) is 176 Å². The largest absolute Gasteiger partial charge is 0.460 e. The van der Waals surface area contributed by atoms with Crippen LogP contribution >= 0.6 is 0 Å². The van der Waals surface area contributed by atoms with Gasteiger partial charge in [-0.3, -0.25) is 14.4 Å². The average Bonchev–Trinajstić information content (AvgIpc) is 3.24. The molecule has 1 fully saturated rings. The van der Waals surface area contributed by atoms with Crippen molar-refractivity contribution in [3.8, 4) is 5.75 Å². The van der Waals surface area contributed by atoms with Gasteiger partial charge in [0, 0.05) is 25.3 Å². The Morgan fingerprint density at radius 3 is 1.69 bits per heavy atom. The summed E-state index contributed by atoms with van der Waals surface area (Å²) in [5.74, 6) is -10.5. The van der Waals surface area contributed by atoms with Crippen LogP contribution in [0.4, 0.5) is 32.0 Å². The molecular weight excluding hydrogens is 834 g/mol. The molecule has 3 N–H and O–H groups in total. The summed E-state index contributed by atoms with van der Waals surface area (Å²) in [6, 6.07) is 20.1. The number of amides is 2. The third-order valence-electron chi connectivity index (χ3n) is 10.2. The van der Waals surface area contributed by atoms with Gasteiger partial charge in [0.25, 0.3) is 23.0 Å². The van der Waals surface area contributed by atoms with E-state index in [-0.39, 0.29) is 6.42 Å². The van der Waals surface area contributed by atoms with Gasteiger partial charge in [-0.15, -0.1) is 0 Å². The number of rotatable bonds is 12. The number of methoxy groups -OCH3 is 2. The van der Waals surface area contributed by atoms with Gasteiger partial charge < -0.3 is 39.4 Å². The van der Waals surface area contributed by atoms with E-state index in [1.807, 2.05) is 5.32 Å². The molecule has 0 saturated carbocycles. The molecule has 330 valence electrons. The van der Waals surface area contributed by atoms with Crippen LogP contribution in [0.25, 0.3) is 0 Å². The first kappa shape index (κ1) is 46.8. The van der Waals surface area contributed by atoms with Crippen molar-refractivity contribution in [2.45, 2.75) is 68.2 Å². The highest BCUT2D eigenvalue weighted by Gasteiger charge is 2.65. The van der Waals surface area contributed by atoms with Crippen LogP contribution in [0.3, 0.4) is 0 Å². The number of halogens is 6. The number of esters is 3. The van der Waals surface area contributed by atoms with Crippen molar-refractivity contribution in [3.63, 3.8) is 0 Å². The number of anilines is 1. The number of carbonyl (C=O) groups is 5. The molecule has 19 heteroatoms. The Hall–Kier alpha value is -6.31. The first-order valence-electron chi connectivity index (χ1n) is 18.7. The summed E-state index contributed by atoms with van der Waals surface area (Å²) in [4.78, 5) is 69.1. The zero-order valence-corrected chi connectivity index (χ0v) is 33.3. The van der Waals surface area contributed by atoms with Crippen molar-refractivity contribution in [1.29, 1.82) is 0 Å². The minimum absolute atomic E-state index is 0.0491. The molecule has 2 amide bonds.